The first-order valence-corrected chi connectivity index (χ1v) is 9.94. The molecule has 29 heavy (non-hydrogen) atoms. The summed E-state index contributed by atoms with van der Waals surface area (Å²) in [6, 6.07) is 5.86. The van der Waals surface area contributed by atoms with Gasteiger partial charge in [0.15, 0.2) is 17.4 Å². The Hall–Kier alpha value is -2.70. The van der Waals surface area contributed by atoms with E-state index in [-0.39, 0.29) is 19.0 Å². The van der Waals surface area contributed by atoms with E-state index in [4.69, 9.17) is 14.2 Å². The van der Waals surface area contributed by atoms with Gasteiger partial charge in [0.1, 0.15) is 0 Å². The number of pyridine rings is 1. The third-order valence-corrected chi connectivity index (χ3v) is 4.56. The third-order valence-electron chi connectivity index (χ3n) is 4.56. The van der Waals surface area contributed by atoms with Crippen LogP contribution in [0.15, 0.2) is 30.5 Å². The van der Waals surface area contributed by atoms with Crippen molar-refractivity contribution in [3.63, 3.8) is 0 Å². The fourth-order valence-electron chi connectivity index (χ4n) is 2.84. The van der Waals surface area contributed by atoms with Gasteiger partial charge in [-0.3, -0.25) is 4.79 Å². The summed E-state index contributed by atoms with van der Waals surface area (Å²) in [5.74, 6) is -1.38. The average Bonchev–Trinajstić information content (AvgIpc) is 3.53. The molecule has 7 heteroatoms. The molecule has 5 nitrogen and oxygen atoms in total. The van der Waals surface area contributed by atoms with Crippen molar-refractivity contribution in [2.45, 2.75) is 39.0 Å². The van der Waals surface area contributed by atoms with Crippen molar-refractivity contribution in [1.29, 1.82) is 0 Å². The van der Waals surface area contributed by atoms with E-state index in [2.05, 4.69) is 4.98 Å². The lowest BCUT2D eigenvalue weighted by Gasteiger charge is -2.13. The molecule has 1 aromatic carbocycles. The van der Waals surface area contributed by atoms with E-state index in [0.29, 0.717) is 49.0 Å². The van der Waals surface area contributed by atoms with Crippen LogP contribution in [0.4, 0.5) is 8.78 Å². The van der Waals surface area contributed by atoms with E-state index in [1.54, 1.807) is 25.3 Å². The molecule has 0 radical (unpaired) electrons. The number of ether oxygens (including phenoxy) is 3. The van der Waals surface area contributed by atoms with E-state index in [0.717, 1.165) is 12.8 Å². The van der Waals surface area contributed by atoms with Crippen molar-refractivity contribution in [3.05, 3.63) is 42.1 Å². The van der Waals surface area contributed by atoms with Crippen molar-refractivity contribution in [1.82, 2.24) is 4.98 Å². The minimum atomic E-state index is -0.789. The Balaban J connectivity index is 1.61. The summed E-state index contributed by atoms with van der Waals surface area (Å²) in [4.78, 5) is 15.5. The zero-order valence-electron chi connectivity index (χ0n) is 16.5. The molecule has 0 atom stereocenters. The predicted molar refractivity (Wildman–Crippen MR) is 104 cm³/mol. The monoisotopic (exact) mass is 405 g/mol. The van der Waals surface area contributed by atoms with Crippen LogP contribution in [0.2, 0.25) is 0 Å². The zero-order valence-corrected chi connectivity index (χ0v) is 16.5. The molecule has 0 spiro atoms. The number of halogens is 2. The minimum Gasteiger partial charge on any atom is -0.488 e. The maximum Gasteiger partial charge on any atom is 0.305 e. The SMILES string of the molecule is CCOC(=O)CCCCOc1c(F)cc(-c2cccnc2OCC2CC2)cc1F. The van der Waals surface area contributed by atoms with Crippen molar-refractivity contribution in [3.8, 4) is 22.8 Å². The summed E-state index contributed by atoms with van der Waals surface area (Å²) in [5, 5.41) is 0. The molecule has 0 aliphatic heterocycles. The van der Waals surface area contributed by atoms with Gasteiger partial charge in [0, 0.05) is 18.2 Å². The lowest BCUT2D eigenvalue weighted by atomic mass is 10.1. The van der Waals surface area contributed by atoms with Gasteiger partial charge in [0.05, 0.1) is 19.8 Å². The number of esters is 1. The Bertz CT molecular complexity index is 816. The summed E-state index contributed by atoms with van der Waals surface area (Å²) in [6.07, 6.45) is 5.13. The highest BCUT2D eigenvalue weighted by molar-refractivity contribution is 5.69. The van der Waals surface area contributed by atoms with Crippen LogP contribution in [0, 0.1) is 17.6 Å². The maximum absolute atomic E-state index is 14.5. The zero-order chi connectivity index (χ0) is 20.6. The second-order valence-electron chi connectivity index (χ2n) is 6.99. The topological polar surface area (TPSA) is 57.7 Å². The number of aromatic nitrogens is 1. The third kappa shape index (κ3) is 6.14. The molecule has 1 aliphatic carbocycles. The molecule has 3 rings (SSSR count). The van der Waals surface area contributed by atoms with Crippen molar-refractivity contribution in [2.24, 2.45) is 5.92 Å². The number of rotatable bonds is 11. The number of benzene rings is 1. The Morgan fingerprint density at radius 2 is 1.93 bits per heavy atom. The number of carbonyl (C=O) groups excluding carboxylic acids is 1. The van der Waals surface area contributed by atoms with Crippen LogP contribution in [0.1, 0.15) is 39.0 Å². The van der Waals surface area contributed by atoms with Gasteiger partial charge in [-0.15, -0.1) is 0 Å². The average molecular weight is 405 g/mol. The molecule has 2 aromatic rings. The second kappa shape index (κ2) is 10.2. The fraction of sp³-hybridized carbons (Fsp3) is 0.455. The van der Waals surface area contributed by atoms with Crippen molar-refractivity contribution < 1.29 is 27.8 Å². The molecule has 0 unspecified atom stereocenters. The van der Waals surface area contributed by atoms with Crippen molar-refractivity contribution >= 4 is 5.97 Å². The smallest absolute Gasteiger partial charge is 0.305 e. The molecule has 1 saturated carbocycles. The highest BCUT2D eigenvalue weighted by atomic mass is 19.1. The summed E-state index contributed by atoms with van der Waals surface area (Å²) in [5.41, 5.74) is 0.875. The molecule has 0 saturated heterocycles. The van der Waals surface area contributed by atoms with E-state index >= 15 is 0 Å². The van der Waals surface area contributed by atoms with Crippen LogP contribution in [0.25, 0.3) is 11.1 Å². The van der Waals surface area contributed by atoms with Gasteiger partial charge in [-0.05, 0) is 68.4 Å². The van der Waals surface area contributed by atoms with Crippen LogP contribution in [0.3, 0.4) is 0 Å². The molecule has 1 aromatic heterocycles. The Morgan fingerprint density at radius 1 is 1.17 bits per heavy atom. The molecule has 1 heterocycles. The van der Waals surface area contributed by atoms with E-state index < -0.39 is 17.4 Å². The summed E-state index contributed by atoms with van der Waals surface area (Å²) >= 11 is 0. The van der Waals surface area contributed by atoms with E-state index in [9.17, 15) is 13.6 Å². The van der Waals surface area contributed by atoms with E-state index in [1.165, 1.54) is 12.1 Å². The van der Waals surface area contributed by atoms with Gasteiger partial charge < -0.3 is 14.2 Å². The van der Waals surface area contributed by atoms with Gasteiger partial charge in [0.25, 0.3) is 0 Å². The molecule has 1 aliphatic rings. The standard InChI is InChI=1S/C22H25F2NO4/c1-2-27-20(26)7-3-4-11-28-21-18(23)12-16(13-19(21)24)17-6-5-10-25-22(17)29-14-15-8-9-15/h5-6,10,12-13,15H,2-4,7-9,11,14H2,1H3. The number of hydrogen-bond acceptors (Lipinski definition) is 5. The summed E-state index contributed by atoms with van der Waals surface area (Å²) in [6.45, 7) is 2.74. The highest BCUT2D eigenvalue weighted by Gasteiger charge is 2.23. The number of carbonyl (C=O) groups is 1. The largest absolute Gasteiger partial charge is 0.488 e. The normalized spacial score (nSPS) is 13.2. The molecular weight excluding hydrogens is 380 g/mol. The van der Waals surface area contributed by atoms with Crippen LogP contribution < -0.4 is 9.47 Å². The maximum atomic E-state index is 14.5. The molecular formula is C22H25F2NO4. The highest BCUT2D eigenvalue weighted by Crippen LogP contribution is 2.35. The van der Waals surface area contributed by atoms with Crippen molar-refractivity contribution in [2.75, 3.05) is 19.8 Å². The van der Waals surface area contributed by atoms with Gasteiger partial charge in [-0.2, -0.15) is 0 Å². The molecule has 0 bridgehead atoms. The van der Waals surface area contributed by atoms with Crippen LogP contribution >= 0.6 is 0 Å². The van der Waals surface area contributed by atoms with Gasteiger partial charge in [-0.25, -0.2) is 13.8 Å². The molecule has 156 valence electrons. The van der Waals surface area contributed by atoms with Gasteiger partial charge >= 0.3 is 5.97 Å². The Labute approximate surface area is 169 Å². The molecule has 0 N–H and O–H groups in total. The predicted octanol–water partition coefficient (Wildman–Crippen LogP) is 4.93. The molecule has 1 fully saturated rings. The van der Waals surface area contributed by atoms with Crippen LogP contribution in [-0.2, 0) is 9.53 Å². The summed E-state index contributed by atoms with van der Waals surface area (Å²) in [7, 11) is 0. The first-order valence-electron chi connectivity index (χ1n) is 9.94. The minimum absolute atomic E-state index is 0.106. The van der Waals surface area contributed by atoms with E-state index in [1.807, 2.05) is 0 Å². The summed E-state index contributed by atoms with van der Waals surface area (Å²) < 4.78 is 44.8. The Kier molecular flexibility index (Phi) is 7.38. The molecule has 0 amide bonds. The second-order valence-corrected chi connectivity index (χ2v) is 6.99. The first kappa shape index (κ1) is 21.0. The van der Waals surface area contributed by atoms with Gasteiger partial charge in [0.2, 0.25) is 5.88 Å². The van der Waals surface area contributed by atoms with Crippen LogP contribution in [0.5, 0.6) is 11.6 Å². The lowest BCUT2D eigenvalue weighted by Crippen LogP contribution is -2.06. The number of unbranched alkanes of at least 4 members (excludes halogenated alkanes) is 1. The first-order chi connectivity index (χ1) is 14.1. The lowest BCUT2D eigenvalue weighted by molar-refractivity contribution is -0.143. The Morgan fingerprint density at radius 3 is 2.62 bits per heavy atom. The number of hydrogen-bond donors (Lipinski definition) is 0. The fourth-order valence-corrected chi connectivity index (χ4v) is 2.84. The van der Waals surface area contributed by atoms with Gasteiger partial charge in [-0.1, -0.05) is 0 Å². The number of nitrogens with zero attached hydrogens (tertiary/aromatic N) is 1. The van der Waals surface area contributed by atoms with Crippen LogP contribution in [-0.4, -0.2) is 30.8 Å². The quantitative estimate of drug-likeness (QED) is 0.392.